The zero-order valence-electron chi connectivity index (χ0n) is 12.1. The van der Waals surface area contributed by atoms with Crippen molar-refractivity contribution in [3.63, 3.8) is 0 Å². The summed E-state index contributed by atoms with van der Waals surface area (Å²) in [4.78, 5) is 12.8. The maximum atomic E-state index is 12.8. The van der Waals surface area contributed by atoms with Crippen LogP contribution in [0.25, 0.3) is 0 Å². The van der Waals surface area contributed by atoms with E-state index in [0.29, 0.717) is 16.9 Å². The largest absolute Gasteiger partial charge is 0.496 e. The maximum absolute atomic E-state index is 12.8. The van der Waals surface area contributed by atoms with Gasteiger partial charge in [0.15, 0.2) is 5.78 Å². The summed E-state index contributed by atoms with van der Waals surface area (Å²) in [5.41, 5.74) is 4.41. The Morgan fingerprint density at radius 2 is 1.75 bits per heavy atom. The molecule has 20 heavy (non-hydrogen) atoms. The van der Waals surface area contributed by atoms with Crippen LogP contribution in [-0.2, 0) is 0 Å². The Hall–Kier alpha value is -1.61. The molecule has 0 aliphatic carbocycles. The highest BCUT2D eigenvalue weighted by Gasteiger charge is 2.19. The number of carbonyl (C=O) groups is 1. The van der Waals surface area contributed by atoms with E-state index in [4.69, 9.17) is 4.74 Å². The van der Waals surface area contributed by atoms with Crippen molar-refractivity contribution in [1.29, 1.82) is 0 Å². The number of hydrogen-bond donors (Lipinski definition) is 0. The molecular formula is C17H17BrO2. The average molecular weight is 333 g/mol. The summed E-state index contributed by atoms with van der Waals surface area (Å²) in [6, 6.07) is 9.62. The van der Waals surface area contributed by atoms with E-state index in [0.717, 1.165) is 21.2 Å². The van der Waals surface area contributed by atoms with Gasteiger partial charge in [0, 0.05) is 10.0 Å². The van der Waals surface area contributed by atoms with E-state index in [1.54, 1.807) is 7.11 Å². The van der Waals surface area contributed by atoms with E-state index in [2.05, 4.69) is 15.9 Å². The van der Waals surface area contributed by atoms with Gasteiger partial charge in [-0.2, -0.15) is 0 Å². The van der Waals surface area contributed by atoms with Crippen LogP contribution in [0.4, 0.5) is 0 Å². The first kappa shape index (κ1) is 14.8. The van der Waals surface area contributed by atoms with E-state index < -0.39 is 0 Å². The summed E-state index contributed by atoms with van der Waals surface area (Å²) in [7, 11) is 1.59. The van der Waals surface area contributed by atoms with Crippen molar-refractivity contribution in [2.45, 2.75) is 20.8 Å². The van der Waals surface area contributed by atoms with Crippen LogP contribution >= 0.6 is 15.9 Å². The first-order valence-corrected chi connectivity index (χ1v) is 7.19. The molecule has 0 saturated heterocycles. The van der Waals surface area contributed by atoms with E-state index in [1.165, 1.54) is 0 Å². The molecule has 0 saturated carbocycles. The highest BCUT2D eigenvalue weighted by atomic mass is 79.9. The van der Waals surface area contributed by atoms with Crippen molar-refractivity contribution >= 4 is 21.7 Å². The molecule has 2 aromatic carbocycles. The number of ether oxygens (including phenoxy) is 1. The molecule has 0 aliphatic rings. The summed E-state index contributed by atoms with van der Waals surface area (Å²) in [6.45, 7) is 5.92. The van der Waals surface area contributed by atoms with Crippen LogP contribution in [0.5, 0.6) is 5.75 Å². The van der Waals surface area contributed by atoms with Gasteiger partial charge in [-0.1, -0.05) is 28.1 Å². The third-order valence-corrected chi connectivity index (χ3v) is 3.92. The summed E-state index contributed by atoms with van der Waals surface area (Å²) < 4.78 is 6.19. The number of benzene rings is 2. The molecular weight excluding hydrogens is 316 g/mol. The number of carbonyl (C=O) groups excluding carboxylic acids is 1. The van der Waals surface area contributed by atoms with Crippen molar-refractivity contribution in [1.82, 2.24) is 0 Å². The molecule has 0 N–H and O–H groups in total. The predicted molar refractivity (Wildman–Crippen MR) is 84.8 cm³/mol. The molecule has 2 aromatic rings. The normalized spacial score (nSPS) is 10.4. The first-order chi connectivity index (χ1) is 9.43. The highest BCUT2D eigenvalue weighted by molar-refractivity contribution is 9.10. The first-order valence-electron chi connectivity index (χ1n) is 6.40. The van der Waals surface area contributed by atoms with Crippen LogP contribution in [0.3, 0.4) is 0 Å². The standard InChI is InChI=1S/C17H17BrO2/c1-10-5-6-13(14(18)8-10)17(19)16-12(3)7-11(2)9-15(16)20-4/h5-9H,1-4H3. The Bertz CT molecular complexity index is 675. The van der Waals surface area contributed by atoms with Crippen molar-refractivity contribution in [2.75, 3.05) is 7.11 Å². The molecule has 0 bridgehead atoms. The van der Waals surface area contributed by atoms with Crippen LogP contribution in [0.15, 0.2) is 34.8 Å². The van der Waals surface area contributed by atoms with E-state index in [-0.39, 0.29) is 5.78 Å². The molecule has 0 aliphatic heterocycles. The Balaban J connectivity index is 2.59. The molecule has 3 heteroatoms. The summed E-state index contributed by atoms with van der Waals surface area (Å²) in [5.74, 6) is 0.603. The fourth-order valence-corrected chi connectivity index (χ4v) is 2.99. The minimum atomic E-state index is -0.0220. The minimum Gasteiger partial charge on any atom is -0.496 e. The summed E-state index contributed by atoms with van der Waals surface area (Å²) >= 11 is 3.47. The second-order valence-electron chi connectivity index (χ2n) is 4.97. The van der Waals surface area contributed by atoms with Gasteiger partial charge in [0.1, 0.15) is 5.75 Å². The van der Waals surface area contributed by atoms with E-state index in [1.807, 2.05) is 51.1 Å². The SMILES string of the molecule is COc1cc(C)cc(C)c1C(=O)c1ccc(C)cc1Br. The molecule has 2 rings (SSSR count). The third kappa shape index (κ3) is 2.78. The molecule has 0 aromatic heterocycles. The van der Waals surface area contributed by atoms with E-state index >= 15 is 0 Å². The van der Waals surface area contributed by atoms with Crippen molar-refractivity contribution < 1.29 is 9.53 Å². The average Bonchev–Trinajstić information content (AvgIpc) is 2.37. The lowest BCUT2D eigenvalue weighted by molar-refractivity contribution is 0.103. The monoisotopic (exact) mass is 332 g/mol. The van der Waals surface area contributed by atoms with E-state index in [9.17, 15) is 4.79 Å². The smallest absolute Gasteiger partial charge is 0.198 e. The fourth-order valence-electron chi connectivity index (χ4n) is 2.32. The van der Waals surface area contributed by atoms with Crippen LogP contribution in [0.2, 0.25) is 0 Å². The zero-order valence-corrected chi connectivity index (χ0v) is 13.7. The van der Waals surface area contributed by atoms with Gasteiger partial charge < -0.3 is 4.74 Å². The lowest BCUT2D eigenvalue weighted by Gasteiger charge is -2.13. The van der Waals surface area contributed by atoms with Crippen molar-refractivity contribution in [2.24, 2.45) is 0 Å². The van der Waals surface area contributed by atoms with Gasteiger partial charge >= 0.3 is 0 Å². The number of rotatable bonds is 3. The molecule has 0 amide bonds. The topological polar surface area (TPSA) is 26.3 Å². The molecule has 0 atom stereocenters. The second-order valence-corrected chi connectivity index (χ2v) is 5.83. The Kier molecular flexibility index (Phi) is 4.29. The Morgan fingerprint density at radius 1 is 1.05 bits per heavy atom. The molecule has 0 spiro atoms. The number of methoxy groups -OCH3 is 1. The molecule has 0 heterocycles. The lowest BCUT2D eigenvalue weighted by Crippen LogP contribution is -2.08. The van der Waals surface area contributed by atoms with Crippen LogP contribution in [0, 0.1) is 20.8 Å². The Labute approximate surface area is 127 Å². The predicted octanol–water partition coefficient (Wildman–Crippen LogP) is 4.61. The quantitative estimate of drug-likeness (QED) is 0.767. The molecule has 104 valence electrons. The highest BCUT2D eigenvalue weighted by Crippen LogP contribution is 2.29. The summed E-state index contributed by atoms with van der Waals surface area (Å²) in [6.07, 6.45) is 0. The number of ketones is 1. The van der Waals surface area contributed by atoms with Crippen LogP contribution < -0.4 is 4.74 Å². The summed E-state index contributed by atoms with van der Waals surface area (Å²) in [5, 5.41) is 0. The molecule has 0 unspecified atom stereocenters. The second kappa shape index (κ2) is 5.80. The van der Waals surface area contributed by atoms with Gasteiger partial charge in [-0.15, -0.1) is 0 Å². The number of aryl methyl sites for hydroxylation is 3. The lowest BCUT2D eigenvalue weighted by atomic mass is 9.96. The number of hydrogen-bond acceptors (Lipinski definition) is 2. The van der Waals surface area contributed by atoms with Gasteiger partial charge in [-0.3, -0.25) is 4.79 Å². The Morgan fingerprint density at radius 3 is 2.35 bits per heavy atom. The van der Waals surface area contributed by atoms with Crippen molar-refractivity contribution in [3.8, 4) is 5.75 Å². The molecule has 0 fully saturated rings. The van der Waals surface area contributed by atoms with Crippen molar-refractivity contribution in [3.05, 3.63) is 62.6 Å². The zero-order chi connectivity index (χ0) is 14.9. The van der Waals surface area contributed by atoms with Gasteiger partial charge in [0.25, 0.3) is 0 Å². The van der Waals surface area contributed by atoms with Gasteiger partial charge in [0.05, 0.1) is 12.7 Å². The van der Waals surface area contributed by atoms with Gasteiger partial charge in [0.2, 0.25) is 0 Å². The third-order valence-electron chi connectivity index (χ3n) is 3.26. The minimum absolute atomic E-state index is 0.0220. The molecule has 0 radical (unpaired) electrons. The van der Waals surface area contributed by atoms with Gasteiger partial charge in [-0.25, -0.2) is 0 Å². The maximum Gasteiger partial charge on any atom is 0.198 e. The van der Waals surface area contributed by atoms with Crippen LogP contribution in [-0.4, -0.2) is 12.9 Å². The van der Waals surface area contributed by atoms with Crippen LogP contribution in [0.1, 0.15) is 32.6 Å². The molecule has 2 nitrogen and oxygen atoms in total. The fraction of sp³-hybridized carbons (Fsp3) is 0.235. The van der Waals surface area contributed by atoms with Gasteiger partial charge in [-0.05, 0) is 55.7 Å². The number of halogens is 1.